The number of nitrogens with zero attached hydrogens (tertiary/aromatic N) is 1. The molecule has 0 aromatic rings. The second kappa shape index (κ2) is 44.4. The van der Waals surface area contributed by atoms with E-state index in [4.69, 9.17) is 18.5 Å². The first kappa shape index (κ1) is 60.2. The van der Waals surface area contributed by atoms with Crippen molar-refractivity contribution in [1.29, 1.82) is 0 Å². The van der Waals surface area contributed by atoms with Crippen molar-refractivity contribution in [2.75, 3.05) is 47.5 Å². The Morgan fingerprint density at radius 3 is 1.34 bits per heavy atom. The highest BCUT2D eigenvalue weighted by Gasteiger charge is 2.21. The molecule has 0 radical (unpaired) electrons. The van der Waals surface area contributed by atoms with Crippen molar-refractivity contribution in [2.45, 2.75) is 238 Å². The Morgan fingerprint density at radius 1 is 0.500 bits per heavy atom. The highest BCUT2D eigenvalue weighted by Crippen LogP contribution is 2.38. The molecule has 0 aliphatic rings. The molecule has 0 saturated carbocycles. The summed E-state index contributed by atoms with van der Waals surface area (Å²) in [4.78, 5) is 37.7. The minimum atomic E-state index is -4.64. The van der Waals surface area contributed by atoms with Gasteiger partial charge in [0.05, 0.1) is 27.7 Å². The van der Waals surface area contributed by atoms with E-state index in [-0.39, 0.29) is 26.1 Å². The van der Waals surface area contributed by atoms with E-state index in [1.165, 1.54) is 154 Å². The lowest BCUT2D eigenvalue weighted by Crippen LogP contribution is -2.37. The van der Waals surface area contributed by atoms with Crippen LogP contribution in [0, 0.1) is 0 Å². The number of carbonyl (C=O) groups excluding carboxylic acids is 2. The van der Waals surface area contributed by atoms with Gasteiger partial charge in [-0.1, -0.05) is 192 Å². The fourth-order valence-corrected chi connectivity index (χ4v) is 7.83. The van der Waals surface area contributed by atoms with Crippen LogP contribution in [0.3, 0.4) is 0 Å². The summed E-state index contributed by atoms with van der Waals surface area (Å²) in [5, 5.41) is 0. The van der Waals surface area contributed by atoms with Gasteiger partial charge in [0.2, 0.25) is 0 Å². The highest BCUT2D eigenvalue weighted by atomic mass is 31.2. The van der Waals surface area contributed by atoms with Gasteiger partial charge in [-0.3, -0.25) is 14.2 Å². The van der Waals surface area contributed by atoms with E-state index in [0.29, 0.717) is 23.9 Å². The summed E-state index contributed by atoms with van der Waals surface area (Å²) in [5.74, 6) is -0.881. The summed E-state index contributed by atoms with van der Waals surface area (Å²) in [6, 6.07) is 0. The average molecular weight is 896 g/mol. The maximum atomic E-state index is 12.7. The summed E-state index contributed by atoms with van der Waals surface area (Å²) in [6.45, 7) is 4.20. The maximum Gasteiger partial charge on any atom is 0.306 e. The third-order valence-corrected chi connectivity index (χ3v) is 12.1. The smallest absolute Gasteiger partial charge is 0.306 e. The molecule has 0 aromatic carbocycles. The lowest BCUT2D eigenvalue weighted by atomic mass is 10.0. The van der Waals surface area contributed by atoms with Gasteiger partial charge in [0.15, 0.2) is 6.10 Å². The third kappa shape index (κ3) is 47.7. The Labute approximate surface area is 382 Å². The van der Waals surface area contributed by atoms with E-state index >= 15 is 0 Å². The van der Waals surface area contributed by atoms with Crippen LogP contribution in [0.2, 0.25) is 0 Å². The topological polar surface area (TPSA) is 111 Å². The first-order valence-corrected chi connectivity index (χ1v) is 27.2. The summed E-state index contributed by atoms with van der Waals surface area (Å²) in [7, 11) is 1.15. The molecule has 62 heavy (non-hydrogen) atoms. The Morgan fingerprint density at radius 2 is 0.887 bits per heavy atom. The van der Waals surface area contributed by atoms with Crippen LogP contribution in [0.5, 0.6) is 0 Å². The molecule has 0 saturated heterocycles. The van der Waals surface area contributed by atoms with E-state index in [1.807, 2.05) is 21.1 Å². The minimum absolute atomic E-state index is 0.0364. The van der Waals surface area contributed by atoms with Gasteiger partial charge in [-0.25, -0.2) is 0 Å². The number of allylic oxidation sites excluding steroid dienone is 6. The molecular formula is C52H98NO8P. The average Bonchev–Trinajstić information content (AvgIpc) is 3.23. The summed E-state index contributed by atoms with van der Waals surface area (Å²) >= 11 is 0. The molecule has 0 heterocycles. The van der Waals surface area contributed by atoms with Crippen molar-refractivity contribution in [3.05, 3.63) is 36.5 Å². The quantitative estimate of drug-likeness (QED) is 0.0195. The molecule has 0 N–H and O–H groups in total. The largest absolute Gasteiger partial charge is 0.756 e. The Bertz CT molecular complexity index is 1150. The van der Waals surface area contributed by atoms with Crippen LogP contribution in [0.25, 0.3) is 0 Å². The molecule has 0 fully saturated rings. The first-order chi connectivity index (χ1) is 30.0. The van der Waals surface area contributed by atoms with Gasteiger partial charge < -0.3 is 27.9 Å². The molecule has 0 rings (SSSR count). The number of phosphoric ester groups is 1. The molecule has 9 nitrogen and oxygen atoms in total. The molecule has 0 amide bonds. The van der Waals surface area contributed by atoms with Crippen molar-refractivity contribution < 1.29 is 42.1 Å². The second-order valence-electron chi connectivity index (χ2n) is 18.5. The van der Waals surface area contributed by atoms with E-state index in [1.54, 1.807) is 0 Å². The summed E-state index contributed by atoms with van der Waals surface area (Å²) < 4.78 is 34.0. The zero-order valence-corrected chi connectivity index (χ0v) is 42.0. The van der Waals surface area contributed by atoms with Gasteiger partial charge in [0.1, 0.15) is 19.8 Å². The molecule has 0 spiro atoms. The highest BCUT2D eigenvalue weighted by molar-refractivity contribution is 7.45. The number of hydrogen-bond donors (Lipinski definition) is 0. The van der Waals surface area contributed by atoms with Crippen molar-refractivity contribution in [1.82, 2.24) is 0 Å². The van der Waals surface area contributed by atoms with Crippen LogP contribution >= 0.6 is 7.82 Å². The van der Waals surface area contributed by atoms with Crippen LogP contribution in [0.15, 0.2) is 36.5 Å². The molecule has 2 atom stereocenters. The number of quaternary nitrogens is 1. The maximum absolute atomic E-state index is 12.7. The van der Waals surface area contributed by atoms with Crippen molar-refractivity contribution in [3.8, 4) is 0 Å². The fourth-order valence-electron chi connectivity index (χ4n) is 7.10. The first-order valence-electron chi connectivity index (χ1n) is 25.7. The lowest BCUT2D eigenvalue weighted by Gasteiger charge is -2.28. The third-order valence-electron chi connectivity index (χ3n) is 11.1. The molecule has 0 aliphatic carbocycles. The van der Waals surface area contributed by atoms with Crippen LogP contribution in [0.1, 0.15) is 232 Å². The monoisotopic (exact) mass is 896 g/mol. The molecule has 1 unspecified atom stereocenters. The number of ether oxygens (including phenoxy) is 2. The van der Waals surface area contributed by atoms with Gasteiger partial charge in [-0.2, -0.15) is 0 Å². The van der Waals surface area contributed by atoms with Crippen LogP contribution in [-0.4, -0.2) is 70.0 Å². The Balaban J connectivity index is 4.29. The van der Waals surface area contributed by atoms with Crippen LogP contribution in [-0.2, 0) is 32.7 Å². The Kier molecular flexibility index (Phi) is 43.2. The zero-order chi connectivity index (χ0) is 45.7. The van der Waals surface area contributed by atoms with Gasteiger partial charge in [-0.15, -0.1) is 0 Å². The van der Waals surface area contributed by atoms with Gasteiger partial charge in [0.25, 0.3) is 7.82 Å². The van der Waals surface area contributed by atoms with Crippen molar-refractivity contribution >= 4 is 19.8 Å². The predicted octanol–water partition coefficient (Wildman–Crippen LogP) is 14.6. The summed E-state index contributed by atoms with van der Waals surface area (Å²) in [6.07, 6.45) is 51.8. The summed E-state index contributed by atoms with van der Waals surface area (Å²) in [5.41, 5.74) is 0. The number of phosphoric acid groups is 1. The predicted molar refractivity (Wildman–Crippen MR) is 259 cm³/mol. The molecular weight excluding hydrogens is 798 g/mol. The van der Waals surface area contributed by atoms with Crippen molar-refractivity contribution in [3.63, 3.8) is 0 Å². The molecule has 0 aromatic heterocycles. The van der Waals surface area contributed by atoms with E-state index in [9.17, 15) is 19.0 Å². The number of unbranched alkanes of at least 4 members (excludes halogenated alkanes) is 27. The van der Waals surface area contributed by atoms with Gasteiger partial charge >= 0.3 is 11.9 Å². The van der Waals surface area contributed by atoms with E-state index in [0.717, 1.165) is 38.5 Å². The second-order valence-corrected chi connectivity index (χ2v) is 19.9. The zero-order valence-electron chi connectivity index (χ0n) is 41.1. The number of likely N-dealkylation sites (N-methyl/N-ethyl adjacent to an activating group) is 1. The van der Waals surface area contributed by atoms with E-state index < -0.39 is 32.5 Å². The molecule has 364 valence electrons. The van der Waals surface area contributed by atoms with Crippen molar-refractivity contribution in [2.24, 2.45) is 0 Å². The number of carbonyl (C=O) groups is 2. The van der Waals surface area contributed by atoms with Gasteiger partial charge in [-0.05, 0) is 64.2 Å². The fraction of sp³-hybridized carbons (Fsp3) is 0.846. The molecule has 10 heteroatoms. The standard InChI is InChI=1S/C52H98NO8P/c1-6-8-10-12-14-16-18-20-22-24-25-26-27-29-31-33-35-37-39-41-43-45-52(55)61-50(49-60-62(56,57)59-47-46-53(3,4)5)48-58-51(54)44-42-40-38-36-34-32-30-28-23-21-19-17-15-13-11-9-7-2/h20,22,30,32,36,38,50H,6-19,21,23-29,31,33-35,37,39-49H2,1-5H3/b22-20+,32-30+,38-36+/t50-/m1/s1. The van der Waals surface area contributed by atoms with E-state index in [2.05, 4.69) is 50.3 Å². The minimum Gasteiger partial charge on any atom is -0.756 e. The van der Waals surface area contributed by atoms with Gasteiger partial charge in [0, 0.05) is 12.8 Å². The molecule has 0 aliphatic heterocycles. The van der Waals surface area contributed by atoms with Crippen LogP contribution < -0.4 is 4.89 Å². The normalized spacial score (nSPS) is 13.7. The number of rotatable bonds is 47. The molecule has 0 bridgehead atoms. The lowest BCUT2D eigenvalue weighted by molar-refractivity contribution is -0.870. The number of hydrogen-bond acceptors (Lipinski definition) is 8. The Hall–Kier alpha value is -1.77. The van der Waals surface area contributed by atoms with Crippen LogP contribution in [0.4, 0.5) is 0 Å². The SMILES string of the molecule is CCCCCCCC/C=C/CCCCCCCCCCCCCC(=O)O[C@H](COC(=O)CCC/C=C/C/C=C/CCCCCCCCCCC)COP(=O)([O-])OCC[N+](C)(C)C. The number of esters is 2.